The standard InChI is InChI=1S/C15H23F/c1-9(2)13-7-12(16)8-14(10(3)4)15(13)11(5)6/h7-11H,1-6H3. The molecule has 0 radical (unpaired) electrons. The van der Waals surface area contributed by atoms with E-state index in [0.717, 1.165) is 0 Å². The third-order valence-corrected chi connectivity index (χ3v) is 3.03. The van der Waals surface area contributed by atoms with Crippen LogP contribution in [0.5, 0.6) is 0 Å². The van der Waals surface area contributed by atoms with Crippen LogP contribution < -0.4 is 0 Å². The lowest BCUT2D eigenvalue weighted by Gasteiger charge is -2.22. The Bertz CT molecular complexity index is 333. The van der Waals surface area contributed by atoms with Gasteiger partial charge in [0.15, 0.2) is 0 Å². The smallest absolute Gasteiger partial charge is 0.123 e. The monoisotopic (exact) mass is 222 g/mol. The van der Waals surface area contributed by atoms with Gasteiger partial charge in [-0.25, -0.2) is 4.39 Å². The highest BCUT2D eigenvalue weighted by Gasteiger charge is 2.17. The molecule has 0 fully saturated rings. The molecule has 0 aromatic heterocycles. The number of hydrogen-bond donors (Lipinski definition) is 0. The highest BCUT2D eigenvalue weighted by Crippen LogP contribution is 2.33. The van der Waals surface area contributed by atoms with Gasteiger partial charge in [-0.05, 0) is 46.6 Å². The Morgan fingerprint density at radius 1 is 0.750 bits per heavy atom. The van der Waals surface area contributed by atoms with Crippen molar-refractivity contribution < 1.29 is 4.39 Å². The lowest BCUT2D eigenvalue weighted by Crippen LogP contribution is -2.06. The lowest BCUT2D eigenvalue weighted by atomic mass is 9.83. The first kappa shape index (κ1) is 13.2. The molecule has 0 N–H and O–H groups in total. The molecule has 1 aromatic rings. The van der Waals surface area contributed by atoms with Crippen LogP contribution in [0.1, 0.15) is 76.0 Å². The zero-order chi connectivity index (χ0) is 12.5. The van der Waals surface area contributed by atoms with Gasteiger partial charge in [0, 0.05) is 0 Å². The minimum absolute atomic E-state index is 0.100. The van der Waals surface area contributed by atoms with E-state index in [1.807, 2.05) is 0 Å². The van der Waals surface area contributed by atoms with E-state index in [-0.39, 0.29) is 5.82 Å². The normalized spacial score (nSPS) is 11.9. The molecule has 1 heteroatoms. The second kappa shape index (κ2) is 4.99. The fraction of sp³-hybridized carbons (Fsp3) is 0.600. The topological polar surface area (TPSA) is 0 Å². The molecular weight excluding hydrogens is 199 g/mol. The highest BCUT2D eigenvalue weighted by atomic mass is 19.1. The third kappa shape index (κ3) is 2.63. The van der Waals surface area contributed by atoms with Crippen molar-refractivity contribution in [2.45, 2.75) is 59.3 Å². The zero-order valence-corrected chi connectivity index (χ0v) is 11.3. The number of rotatable bonds is 3. The van der Waals surface area contributed by atoms with Crippen LogP contribution in [0.3, 0.4) is 0 Å². The Morgan fingerprint density at radius 2 is 1.12 bits per heavy atom. The van der Waals surface area contributed by atoms with Gasteiger partial charge < -0.3 is 0 Å². The molecule has 0 aliphatic heterocycles. The molecule has 0 saturated heterocycles. The summed E-state index contributed by atoms with van der Waals surface area (Å²) in [5, 5.41) is 0. The van der Waals surface area contributed by atoms with E-state index in [0.29, 0.717) is 17.8 Å². The molecule has 16 heavy (non-hydrogen) atoms. The van der Waals surface area contributed by atoms with Crippen LogP contribution >= 0.6 is 0 Å². The number of hydrogen-bond acceptors (Lipinski definition) is 0. The van der Waals surface area contributed by atoms with E-state index in [2.05, 4.69) is 41.5 Å². The van der Waals surface area contributed by atoms with Gasteiger partial charge in [-0.1, -0.05) is 41.5 Å². The van der Waals surface area contributed by atoms with Gasteiger partial charge in [0.2, 0.25) is 0 Å². The largest absolute Gasteiger partial charge is 0.207 e. The summed E-state index contributed by atoms with van der Waals surface area (Å²) >= 11 is 0. The van der Waals surface area contributed by atoms with E-state index < -0.39 is 0 Å². The molecule has 0 unspecified atom stereocenters. The maximum absolute atomic E-state index is 13.6. The van der Waals surface area contributed by atoms with Gasteiger partial charge in [-0.3, -0.25) is 0 Å². The quantitative estimate of drug-likeness (QED) is 0.659. The van der Waals surface area contributed by atoms with Crippen LogP contribution in [0, 0.1) is 5.82 Å². The maximum Gasteiger partial charge on any atom is 0.123 e. The molecule has 90 valence electrons. The second-order valence-electron chi connectivity index (χ2n) is 5.46. The predicted molar refractivity (Wildman–Crippen MR) is 68.7 cm³/mol. The summed E-state index contributed by atoms with van der Waals surface area (Å²) in [6.45, 7) is 12.9. The van der Waals surface area contributed by atoms with E-state index in [1.165, 1.54) is 16.7 Å². The zero-order valence-electron chi connectivity index (χ0n) is 11.3. The van der Waals surface area contributed by atoms with Crippen molar-refractivity contribution >= 4 is 0 Å². The minimum atomic E-state index is -0.100. The third-order valence-electron chi connectivity index (χ3n) is 3.03. The summed E-state index contributed by atoms with van der Waals surface area (Å²) in [5.41, 5.74) is 3.67. The SMILES string of the molecule is CC(C)c1cc(F)cc(C(C)C)c1C(C)C. The lowest BCUT2D eigenvalue weighted by molar-refractivity contribution is 0.612. The average molecular weight is 222 g/mol. The molecule has 0 aliphatic rings. The van der Waals surface area contributed by atoms with Crippen molar-refractivity contribution in [1.82, 2.24) is 0 Å². The first-order chi connectivity index (χ1) is 7.34. The second-order valence-corrected chi connectivity index (χ2v) is 5.46. The van der Waals surface area contributed by atoms with Gasteiger partial charge >= 0.3 is 0 Å². The van der Waals surface area contributed by atoms with Gasteiger partial charge in [0.1, 0.15) is 5.82 Å². The van der Waals surface area contributed by atoms with Gasteiger partial charge in [0.25, 0.3) is 0 Å². The molecule has 0 aliphatic carbocycles. The summed E-state index contributed by atoms with van der Waals surface area (Å²) in [4.78, 5) is 0. The molecule has 0 saturated carbocycles. The van der Waals surface area contributed by atoms with Crippen LogP contribution in [0.4, 0.5) is 4.39 Å². The van der Waals surface area contributed by atoms with Crippen LogP contribution in [0.25, 0.3) is 0 Å². The maximum atomic E-state index is 13.6. The number of halogens is 1. The van der Waals surface area contributed by atoms with Crippen LogP contribution in [-0.4, -0.2) is 0 Å². The van der Waals surface area contributed by atoms with Crippen molar-refractivity contribution in [3.63, 3.8) is 0 Å². The average Bonchev–Trinajstić information content (AvgIpc) is 2.15. The molecule has 0 amide bonds. The van der Waals surface area contributed by atoms with Crippen LogP contribution in [0.15, 0.2) is 12.1 Å². The van der Waals surface area contributed by atoms with Gasteiger partial charge in [0.05, 0.1) is 0 Å². The highest BCUT2D eigenvalue weighted by molar-refractivity contribution is 5.41. The predicted octanol–water partition coefficient (Wildman–Crippen LogP) is 5.20. The Kier molecular flexibility index (Phi) is 4.12. The van der Waals surface area contributed by atoms with E-state index in [9.17, 15) is 4.39 Å². The van der Waals surface area contributed by atoms with Crippen molar-refractivity contribution in [2.75, 3.05) is 0 Å². The van der Waals surface area contributed by atoms with Crippen LogP contribution in [0.2, 0.25) is 0 Å². The van der Waals surface area contributed by atoms with Crippen molar-refractivity contribution in [3.8, 4) is 0 Å². The Balaban J connectivity index is 3.48. The van der Waals surface area contributed by atoms with E-state index in [4.69, 9.17) is 0 Å². The van der Waals surface area contributed by atoms with E-state index >= 15 is 0 Å². The fourth-order valence-electron chi connectivity index (χ4n) is 2.28. The fourth-order valence-corrected chi connectivity index (χ4v) is 2.28. The molecule has 0 nitrogen and oxygen atoms in total. The first-order valence-corrected chi connectivity index (χ1v) is 6.17. The molecule has 1 aromatic carbocycles. The minimum Gasteiger partial charge on any atom is -0.207 e. The molecule has 0 spiro atoms. The van der Waals surface area contributed by atoms with Crippen molar-refractivity contribution in [2.24, 2.45) is 0 Å². The summed E-state index contributed by atoms with van der Waals surface area (Å²) in [7, 11) is 0. The Hall–Kier alpha value is -0.850. The van der Waals surface area contributed by atoms with Gasteiger partial charge in [-0.15, -0.1) is 0 Å². The van der Waals surface area contributed by atoms with E-state index in [1.54, 1.807) is 12.1 Å². The van der Waals surface area contributed by atoms with Crippen molar-refractivity contribution in [3.05, 3.63) is 34.6 Å². The molecule has 1 rings (SSSR count). The van der Waals surface area contributed by atoms with Crippen LogP contribution in [-0.2, 0) is 0 Å². The molecule has 0 heterocycles. The Morgan fingerprint density at radius 3 is 1.38 bits per heavy atom. The first-order valence-electron chi connectivity index (χ1n) is 6.17. The summed E-state index contributed by atoms with van der Waals surface area (Å²) in [6.07, 6.45) is 0. The Labute approximate surface area is 98.9 Å². The summed E-state index contributed by atoms with van der Waals surface area (Å²) in [5.74, 6) is 1.11. The van der Waals surface area contributed by atoms with Gasteiger partial charge in [-0.2, -0.15) is 0 Å². The molecule has 0 atom stereocenters. The van der Waals surface area contributed by atoms with Crippen molar-refractivity contribution in [1.29, 1.82) is 0 Å². The summed E-state index contributed by atoms with van der Waals surface area (Å²) < 4.78 is 13.6. The molecule has 0 bridgehead atoms. The summed E-state index contributed by atoms with van der Waals surface area (Å²) in [6, 6.07) is 3.40. The molecular formula is C15H23F. The number of benzene rings is 1.